The SMILES string of the molecule is O=C(C[C@H]1C[C@H]2CC[C@H]1C2)Nc1ccc(NC(=O)c2ccco2)cc1C(F)(F)F. The first-order chi connectivity index (χ1) is 13.8. The second-order valence-electron chi connectivity index (χ2n) is 7.88. The van der Waals surface area contributed by atoms with Crippen molar-refractivity contribution in [2.45, 2.75) is 38.3 Å². The van der Waals surface area contributed by atoms with Gasteiger partial charge in [-0.05, 0) is 67.3 Å². The molecule has 0 spiro atoms. The quantitative estimate of drug-likeness (QED) is 0.706. The second kappa shape index (κ2) is 7.57. The first-order valence-corrected chi connectivity index (χ1v) is 9.65. The van der Waals surface area contributed by atoms with Gasteiger partial charge in [0.25, 0.3) is 5.91 Å². The number of alkyl halides is 3. The van der Waals surface area contributed by atoms with Gasteiger partial charge in [-0.1, -0.05) is 6.42 Å². The lowest BCUT2D eigenvalue weighted by Gasteiger charge is -2.21. The number of furan rings is 1. The van der Waals surface area contributed by atoms with Gasteiger partial charge in [0.1, 0.15) is 0 Å². The van der Waals surface area contributed by atoms with Crippen molar-refractivity contribution in [1.29, 1.82) is 0 Å². The van der Waals surface area contributed by atoms with Crippen LogP contribution in [-0.2, 0) is 11.0 Å². The third-order valence-electron chi connectivity index (χ3n) is 5.93. The van der Waals surface area contributed by atoms with Crippen LogP contribution in [0, 0.1) is 17.8 Å². The van der Waals surface area contributed by atoms with Crippen molar-refractivity contribution in [3.63, 3.8) is 0 Å². The number of halogens is 3. The topological polar surface area (TPSA) is 71.3 Å². The van der Waals surface area contributed by atoms with Crippen LogP contribution < -0.4 is 10.6 Å². The molecule has 1 aromatic heterocycles. The molecule has 2 aliphatic rings. The summed E-state index contributed by atoms with van der Waals surface area (Å²) >= 11 is 0. The van der Waals surface area contributed by atoms with Crippen LogP contribution in [0.3, 0.4) is 0 Å². The van der Waals surface area contributed by atoms with Crippen molar-refractivity contribution in [1.82, 2.24) is 0 Å². The van der Waals surface area contributed by atoms with Crippen molar-refractivity contribution < 1.29 is 27.2 Å². The molecule has 0 saturated heterocycles. The van der Waals surface area contributed by atoms with Crippen LogP contribution in [0.4, 0.5) is 24.5 Å². The number of carbonyl (C=O) groups excluding carboxylic acids is 2. The van der Waals surface area contributed by atoms with Gasteiger partial charge in [-0.2, -0.15) is 13.2 Å². The summed E-state index contributed by atoms with van der Waals surface area (Å²) in [5, 5.41) is 4.79. The zero-order valence-corrected chi connectivity index (χ0v) is 15.6. The number of hydrogen-bond acceptors (Lipinski definition) is 3. The van der Waals surface area contributed by atoms with Crippen LogP contribution >= 0.6 is 0 Å². The highest BCUT2D eigenvalue weighted by molar-refractivity contribution is 6.02. The van der Waals surface area contributed by atoms with Crippen molar-refractivity contribution in [3.05, 3.63) is 47.9 Å². The maximum atomic E-state index is 13.5. The molecule has 2 fully saturated rings. The Hall–Kier alpha value is -2.77. The van der Waals surface area contributed by atoms with Crippen LogP contribution in [0.1, 0.15) is 48.2 Å². The van der Waals surface area contributed by atoms with E-state index in [1.807, 2.05) is 0 Å². The fourth-order valence-electron chi connectivity index (χ4n) is 4.63. The van der Waals surface area contributed by atoms with E-state index in [0.717, 1.165) is 25.3 Å². The molecular weight excluding hydrogens is 385 g/mol. The van der Waals surface area contributed by atoms with Crippen LogP contribution in [0.2, 0.25) is 0 Å². The number of nitrogens with one attached hydrogen (secondary N) is 2. The first kappa shape index (κ1) is 19.5. The monoisotopic (exact) mass is 406 g/mol. The van der Waals surface area contributed by atoms with E-state index >= 15 is 0 Å². The van der Waals surface area contributed by atoms with E-state index in [9.17, 15) is 22.8 Å². The second-order valence-corrected chi connectivity index (χ2v) is 7.88. The molecule has 1 heterocycles. The zero-order chi connectivity index (χ0) is 20.6. The maximum Gasteiger partial charge on any atom is 0.418 e. The molecule has 4 rings (SSSR count). The normalized spacial score (nSPS) is 23.2. The van der Waals surface area contributed by atoms with Crippen LogP contribution in [0.5, 0.6) is 0 Å². The minimum Gasteiger partial charge on any atom is -0.459 e. The highest BCUT2D eigenvalue weighted by Gasteiger charge is 2.40. The maximum absolute atomic E-state index is 13.5. The van der Waals surface area contributed by atoms with E-state index in [1.54, 1.807) is 0 Å². The van der Waals surface area contributed by atoms with E-state index in [-0.39, 0.29) is 29.5 Å². The molecule has 0 aliphatic heterocycles. The largest absolute Gasteiger partial charge is 0.459 e. The third kappa shape index (κ3) is 4.31. The fourth-order valence-corrected chi connectivity index (χ4v) is 4.63. The first-order valence-electron chi connectivity index (χ1n) is 9.65. The summed E-state index contributed by atoms with van der Waals surface area (Å²) in [7, 11) is 0. The Balaban J connectivity index is 1.47. The fraction of sp³-hybridized carbons (Fsp3) is 0.429. The molecule has 5 nitrogen and oxygen atoms in total. The molecule has 2 aliphatic carbocycles. The van der Waals surface area contributed by atoms with Gasteiger partial charge in [0.05, 0.1) is 17.5 Å². The van der Waals surface area contributed by atoms with Gasteiger partial charge in [0.2, 0.25) is 5.91 Å². The smallest absolute Gasteiger partial charge is 0.418 e. The Kier molecular flexibility index (Phi) is 5.10. The summed E-state index contributed by atoms with van der Waals surface area (Å²) in [5.41, 5.74) is -1.34. The van der Waals surface area contributed by atoms with E-state index in [1.165, 1.54) is 36.9 Å². The lowest BCUT2D eigenvalue weighted by molar-refractivity contribution is -0.136. The molecule has 8 heteroatoms. The summed E-state index contributed by atoms with van der Waals surface area (Å²) < 4.78 is 45.5. The van der Waals surface area contributed by atoms with Gasteiger partial charge >= 0.3 is 6.18 Å². The molecular formula is C21H21F3N2O3. The number of amides is 2. The summed E-state index contributed by atoms with van der Waals surface area (Å²) in [4.78, 5) is 24.4. The Morgan fingerprint density at radius 1 is 1.10 bits per heavy atom. The van der Waals surface area contributed by atoms with Crippen LogP contribution in [0.15, 0.2) is 41.0 Å². The van der Waals surface area contributed by atoms with E-state index in [4.69, 9.17) is 4.42 Å². The van der Waals surface area contributed by atoms with Crippen molar-refractivity contribution >= 4 is 23.2 Å². The molecule has 2 amide bonds. The van der Waals surface area contributed by atoms with Crippen molar-refractivity contribution in [2.75, 3.05) is 10.6 Å². The summed E-state index contributed by atoms with van der Waals surface area (Å²) in [6.45, 7) is 0. The molecule has 2 aromatic rings. The van der Waals surface area contributed by atoms with Gasteiger partial charge in [-0.25, -0.2) is 0 Å². The van der Waals surface area contributed by atoms with Gasteiger partial charge in [-0.3, -0.25) is 9.59 Å². The van der Waals surface area contributed by atoms with Gasteiger partial charge in [0.15, 0.2) is 5.76 Å². The molecule has 0 unspecified atom stereocenters. The predicted octanol–water partition coefficient (Wildman–Crippen LogP) is 5.32. The molecule has 154 valence electrons. The number of carbonyl (C=O) groups is 2. The minimum atomic E-state index is -4.68. The Morgan fingerprint density at radius 3 is 2.55 bits per heavy atom. The third-order valence-corrected chi connectivity index (χ3v) is 5.93. The lowest BCUT2D eigenvalue weighted by atomic mass is 9.86. The number of benzene rings is 1. The number of fused-ring (bicyclic) bond motifs is 2. The molecule has 2 saturated carbocycles. The van der Waals surface area contributed by atoms with Gasteiger partial charge in [0, 0.05) is 12.1 Å². The summed E-state index contributed by atoms with van der Waals surface area (Å²) in [6, 6.07) is 6.21. The van der Waals surface area contributed by atoms with Gasteiger partial charge < -0.3 is 15.1 Å². The van der Waals surface area contributed by atoms with Crippen LogP contribution in [-0.4, -0.2) is 11.8 Å². The van der Waals surface area contributed by atoms with Crippen molar-refractivity contribution in [2.24, 2.45) is 17.8 Å². The molecule has 2 bridgehead atoms. The highest BCUT2D eigenvalue weighted by atomic mass is 19.4. The Labute approximate surface area is 165 Å². The average Bonchev–Trinajstić information content (AvgIpc) is 3.40. The Bertz CT molecular complexity index is 908. The molecule has 2 N–H and O–H groups in total. The van der Waals surface area contributed by atoms with Gasteiger partial charge in [-0.15, -0.1) is 0 Å². The highest BCUT2D eigenvalue weighted by Crippen LogP contribution is 2.49. The van der Waals surface area contributed by atoms with Crippen LogP contribution in [0.25, 0.3) is 0 Å². The lowest BCUT2D eigenvalue weighted by Crippen LogP contribution is -2.22. The molecule has 1 aromatic carbocycles. The summed E-state index contributed by atoms with van der Waals surface area (Å²) in [6.07, 6.45) is 1.30. The predicted molar refractivity (Wildman–Crippen MR) is 100 cm³/mol. The van der Waals surface area contributed by atoms with E-state index < -0.39 is 23.6 Å². The van der Waals surface area contributed by atoms with E-state index in [2.05, 4.69) is 10.6 Å². The molecule has 3 atom stereocenters. The van der Waals surface area contributed by atoms with E-state index in [0.29, 0.717) is 11.8 Å². The Morgan fingerprint density at radius 2 is 1.93 bits per heavy atom. The number of anilines is 2. The van der Waals surface area contributed by atoms with Crippen molar-refractivity contribution in [3.8, 4) is 0 Å². The molecule has 29 heavy (non-hydrogen) atoms. The number of hydrogen-bond donors (Lipinski definition) is 2. The average molecular weight is 406 g/mol. The standard InChI is InChI=1S/C21H21F3N2O3/c22-21(23,24)16-11-15(25-20(28)18-2-1-7-29-18)5-6-17(16)26-19(27)10-14-9-12-3-4-13(14)8-12/h1-2,5-7,11-14H,3-4,8-10H2,(H,25,28)(H,26,27)/t12-,13-,14+/m0/s1. The zero-order valence-electron chi connectivity index (χ0n) is 15.6. The number of rotatable bonds is 5. The molecule has 0 radical (unpaired) electrons. The summed E-state index contributed by atoms with van der Waals surface area (Å²) in [5.74, 6) is 0.376. The minimum absolute atomic E-state index is 0.0122.